The second kappa shape index (κ2) is 10.3. The van der Waals surface area contributed by atoms with Gasteiger partial charge in [-0.05, 0) is 36.4 Å². The monoisotopic (exact) mass is 513 g/mol. The maximum atomic E-state index is 12.9. The van der Waals surface area contributed by atoms with E-state index < -0.39 is 0 Å². The number of nitrogens with zero attached hydrogens (tertiary/aromatic N) is 5. The van der Waals surface area contributed by atoms with Gasteiger partial charge in [-0.15, -0.1) is 11.3 Å². The number of benzene rings is 2. The van der Waals surface area contributed by atoms with E-state index in [2.05, 4.69) is 14.9 Å². The van der Waals surface area contributed by atoms with Gasteiger partial charge in [0.05, 0.1) is 11.2 Å². The van der Waals surface area contributed by atoms with Crippen LogP contribution in [0.5, 0.6) is 5.75 Å². The predicted molar refractivity (Wildman–Crippen MR) is 142 cm³/mol. The van der Waals surface area contributed by atoms with Crippen LogP contribution in [0.15, 0.2) is 72.2 Å². The number of piperazine rings is 1. The summed E-state index contributed by atoms with van der Waals surface area (Å²) in [7, 11) is 0. The molecule has 2 aliphatic rings. The number of amides is 2. The summed E-state index contributed by atoms with van der Waals surface area (Å²) in [5.74, 6) is 0.760. The first-order valence-electron chi connectivity index (χ1n) is 12.4. The maximum absolute atomic E-state index is 12.9. The number of hydrogen-bond acceptors (Lipinski definition) is 7. The molecule has 9 heteroatoms. The summed E-state index contributed by atoms with van der Waals surface area (Å²) in [6.45, 7) is 4.83. The third kappa shape index (κ3) is 5.05. The summed E-state index contributed by atoms with van der Waals surface area (Å²) >= 11 is 1.38. The summed E-state index contributed by atoms with van der Waals surface area (Å²) in [5, 5.41) is 3.48. The first-order chi connectivity index (χ1) is 18.1. The second-order valence-corrected chi connectivity index (χ2v) is 10.2. The number of para-hydroxylation sites is 1. The van der Waals surface area contributed by atoms with Crippen LogP contribution in [0.3, 0.4) is 0 Å². The highest BCUT2D eigenvalue weighted by Crippen LogP contribution is 2.22. The molecule has 0 radical (unpaired) electrons. The third-order valence-electron chi connectivity index (χ3n) is 7.03. The van der Waals surface area contributed by atoms with Crippen molar-refractivity contribution in [2.24, 2.45) is 0 Å². The molecule has 0 aliphatic carbocycles. The van der Waals surface area contributed by atoms with Crippen LogP contribution in [-0.2, 0) is 6.61 Å². The molecule has 2 saturated heterocycles. The third-order valence-corrected chi connectivity index (χ3v) is 7.79. The summed E-state index contributed by atoms with van der Waals surface area (Å²) in [4.78, 5) is 40.3. The van der Waals surface area contributed by atoms with Crippen molar-refractivity contribution in [2.45, 2.75) is 12.6 Å². The van der Waals surface area contributed by atoms with Crippen molar-refractivity contribution >= 4 is 34.1 Å². The van der Waals surface area contributed by atoms with Crippen LogP contribution in [0.2, 0.25) is 0 Å². The molecule has 4 heterocycles. The molecule has 2 aromatic heterocycles. The molecule has 8 nitrogen and oxygen atoms in total. The Balaban J connectivity index is 0.967. The zero-order chi connectivity index (χ0) is 25.2. The van der Waals surface area contributed by atoms with Gasteiger partial charge in [-0.1, -0.05) is 24.3 Å². The highest BCUT2D eigenvalue weighted by atomic mass is 32.1. The molecule has 2 fully saturated rings. The average molecular weight is 514 g/mol. The molecule has 0 spiro atoms. The predicted octanol–water partition coefficient (Wildman–Crippen LogP) is 3.55. The van der Waals surface area contributed by atoms with Crippen LogP contribution in [0.4, 0.5) is 0 Å². The molecule has 0 N–H and O–H groups in total. The number of aromatic nitrogens is 2. The molecule has 37 heavy (non-hydrogen) atoms. The van der Waals surface area contributed by atoms with Crippen LogP contribution in [0, 0.1) is 0 Å². The van der Waals surface area contributed by atoms with Gasteiger partial charge in [0.1, 0.15) is 12.4 Å². The van der Waals surface area contributed by atoms with Crippen molar-refractivity contribution in [1.29, 1.82) is 0 Å². The van der Waals surface area contributed by atoms with Crippen molar-refractivity contribution in [3.63, 3.8) is 0 Å². The van der Waals surface area contributed by atoms with Crippen LogP contribution in [0.1, 0.15) is 25.9 Å². The minimum Gasteiger partial charge on any atom is -0.487 e. The number of fused-ring (bicyclic) bond motifs is 1. The van der Waals surface area contributed by atoms with Crippen molar-refractivity contribution < 1.29 is 14.3 Å². The molecule has 0 atom stereocenters. The Morgan fingerprint density at radius 2 is 1.68 bits per heavy atom. The molecule has 0 unspecified atom stereocenters. The topological polar surface area (TPSA) is 78.9 Å². The van der Waals surface area contributed by atoms with Crippen LogP contribution < -0.4 is 4.74 Å². The molecule has 2 aliphatic heterocycles. The van der Waals surface area contributed by atoms with E-state index in [0.717, 1.165) is 29.7 Å². The van der Waals surface area contributed by atoms with Crippen LogP contribution in [-0.4, -0.2) is 81.8 Å². The Hall–Kier alpha value is -3.82. The summed E-state index contributed by atoms with van der Waals surface area (Å²) in [6.07, 6.45) is 1.67. The summed E-state index contributed by atoms with van der Waals surface area (Å²) in [5.41, 5.74) is 2.47. The van der Waals surface area contributed by atoms with E-state index in [1.54, 1.807) is 6.20 Å². The Morgan fingerprint density at radius 1 is 0.892 bits per heavy atom. The fourth-order valence-corrected chi connectivity index (χ4v) is 5.43. The highest BCUT2D eigenvalue weighted by molar-refractivity contribution is 7.11. The van der Waals surface area contributed by atoms with Crippen molar-refractivity contribution in [3.05, 3.63) is 88.5 Å². The average Bonchev–Trinajstić information content (AvgIpc) is 3.46. The van der Waals surface area contributed by atoms with Gasteiger partial charge in [0.15, 0.2) is 5.01 Å². The van der Waals surface area contributed by atoms with Gasteiger partial charge in [0.25, 0.3) is 11.8 Å². The lowest BCUT2D eigenvalue weighted by Crippen LogP contribution is -2.64. The molecule has 4 aromatic rings. The Kier molecular flexibility index (Phi) is 6.55. The number of likely N-dealkylation sites (tertiary alicyclic amines) is 1. The van der Waals surface area contributed by atoms with Gasteiger partial charge < -0.3 is 14.5 Å². The van der Waals surface area contributed by atoms with Crippen molar-refractivity contribution in [3.8, 4) is 5.75 Å². The molecule has 0 saturated carbocycles. The van der Waals surface area contributed by atoms with E-state index in [4.69, 9.17) is 4.74 Å². The highest BCUT2D eigenvalue weighted by Gasteiger charge is 2.37. The minimum absolute atomic E-state index is 0.0148. The molecule has 2 amide bonds. The molecule has 2 aromatic carbocycles. The van der Waals surface area contributed by atoms with E-state index in [1.165, 1.54) is 11.3 Å². The Bertz CT molecular complexity index is 1400. The summed E-state index contributed by atoms with van der Waals surface area (Å²) < 4.78 is 5.90. The number of hydrogen-bond donors (Lipinski definition) is 0. The van der Waals surface area contributed by atoms with Gasteiger partial charge in [0, 0.05) is 67.8 Å². The smallest absolute Gasteiger partial charge is 0.282 e. The Morgan fingerprint density at radius 3 is 2.43 bits per heavy atom. The molecular formula is C28H27N5O3S. The molecular weight excluding hydrogens is 486 g/mol. The molecule has 6 rings (SSSR count). The van der Waals surface area contributed by atoms with Gasteiger partial charge in [-0.2, -0.15) is 0 Å². The first kappa shape index (κ1) is 23.6. The minimum atomic E-state index is 0.0148. The molecule has 0 bridgehead atoms. The zero-order valence-corrected chi connectivity index (χ0v) is 21.1. The second-order valence-electron chi connectivity index (χ2n) is 9.34. The number of ether oxygens (including phenoxy) is 1. The number of thiazole rings is 1. The first-order valence-corrected chi connectivity index (χ1v) is 13.3. The zero-order valence-electron chi connectivity index (χ0n) is 20.3. The standard InChI is InChI=1S/C28H27N5O3S/c34-27(33-17-23(18-33)31-12-14-32(15-13-31)28(35)26-29-11-16-37-26)21-6-9-24(10-7-21)36-19-22-8-5-20-3-1-2-4-25(20)30-22/h1-11,16,23H,12-15,17-19H2. The number of rotatable bonds is 6. The SMILES string of the molecule is O=C(c1ccc(OCc2ccc3ccccc3n2)cc1)N1CC(N2CCN(C(=O)c3nccs3)CC2)C1. The van der Waals surface area contributed by atoms with E-state index in [9.17, 15) is 9.59 Å². The van der Waals surface area contributed by atoms with E-state index in [1.807, 2.05) is 75.8 Å². The van der Waals surface area contributed by atoms with Gasteiger partial charge in [-0.3, -0.25) is 14.5 Å². The van der Waals surface area contributed by atoms with E-state index >= 15 is 0 Å². The summed E-state index contributed by atoms with van der Waals surface area (Å²) in [6, 6.07) is 19.7. The van der Waals surface area contributed by atoms with Crippen LogP contribution in [0.25, 0.3) is 10.9 Å². The molecule has 188 valence electrons. The number of carbonyl (C=O) groups is 2. The lowest BCUT2D eigenvalue weighted by Gasteiger charge is -2.48. The normalized spacial score (nSPS) is 16.5. The van der Waals surface area contributed by atoms with Gasteiger partial charge in [0.2, 0.25) is 0 Å². The van der Waals surface area contributed by atoms with E-state index in [-0.39, 0.29) is 11.8 Å². The Labute approximate surface area is 219 Å². The van der Waals surface area contributed by atoms with Crippen molar-refractivity contribution in [2.75, 3.05) is 39.3 Å². The van der Waals surface area contributed by atoms with Crippen LogP contribution >= 0.6 is 11.3 Å². The fourth-order valence-electron chi connectivity index (χ4n) is 4.83. The van der Waals surface area contributed by atoms with Crippen molar-refractivity contribution in [1.82, 2.24) is 24.7 Å². The lowest BCUT2D eigenvalue weighted by molar-refractivity contribution is 0.00853. The lowest BCUT2D eigenvalue weighted by atomic mass is 10.0. The number of pyridine rings is 1. The maximum Gasteiger partial charge on any atom is 0.282 e. The quantitative estimate of drug-likeness (QED) is 0.392. The largest absolute Gasteiger partial charge is 0.487 e. The number of carbonyl (C=O) groups excluding carboxylic acids is 2. The van der Waals surface area contributed by atoms with Gasteiger partial charge >= 0.3 is 0 Å². The van der Waals surface area contributed by atoms with E-state index in [0.29, 0.717) is 55.1 Å². The fraction of sp³-hybridized carbons (Fsp3) is 0.286. The van der Waals surface area contributed by atoms with Gasteiger partial charge in [-0.25, -0.2) is 9.97 Å².